The highest BCUT2D eigenvalue weighted by Gasteiger charge is 2.21. The molecule has 0 amide bonds. The molecule has 0 unspecified atom stereocenters. The van der Waals surface area contributed by atoms with Crippen LogP contribution in [0.4, 0.5) is 29.1 Å². The number of benzene rings is 2. The molecule has 8 nitrogen and oxygen atoms in total. The van der Waals surface area contributed by atoms with Crippen LogP contribution in [0.5, 0.6) is 0 Å². The third kappa shape index (κ3) is 3.80. The van der Waals surface area contributed by atoms with E-state index >= 15 is 0 Å². The van der Waals surface area contributed by atoms with E-state index in [2.05, 4.69) is 36.1 Å². The number of hydrogen-bond acceptors (Lipinski definition) is 7. The molecule has 0 saturated carbocycles. The maximum Gasteiger partial charge on any atom is 0.229 e. The van der Waals surface area contributed by atoms with Crippen molar-refractivity contribution >= 4 is 64.2 Å². The Hall–Kier alpha value is -3.09. The number of likely N-dealkylation sites (N-methyl/N-ethyl adjacent to an activating group) is 1. The number of halogens is 1. The molecule has 1 aliphatic heterocycles. The van der Waals surface area contributed by atoms with Crippen LogP contribution in [0.25, 0.3) is 11.0 Å². The standard InChI is InChI=1S/C22H23ClN7OP/c1-29-10-11-30-18-9-8-14(12-17(18)27-22(29)30)25-21-24-13-15(23)20(28-21)26-16-6-4-5-7-19(16)32(2,3)31/h4-9,12-13H,10-11H2,1-3H3,(H2,24,25,26,28). The van der Waals surface area contributed by atoms with Crippen LogP contribution in [-0.2, 0) is 11.1 Å². The maximum absolute atomic E-state index is 12.7. The first kappa shape index (κ1) is 20.8. The van der Waals surface area contributed by atoms with Crippen molar-refractivity contribution < 1.29 is 4.57 Å². The van der Waals surface area contributed by atoms with Crippen LogP contribution in [0.3, 0.4) is 0 Å². The molecule has 0 aliphatic carbocycles. The summed E-state index contributed by atoms with van der Waals surface area (Å²) in [5.74, 6) is 1.82. The third-order valence-corrected chi connectivity index (χ3v) is 7.29. The van der Waals surface area contributed by atoms with Crippen molar-refractivity contribution in [2.75, 3.05) is 42.5 Å². The third-order valence-electron chi connectivity index (χ3n) is 5.47. The summed E-state index contributed by atoms with van der Waals surface area (Å²) in [7, 11) is -0.430. The molecule has 2 aromatic heterocycles. The predicted octanol–water partition coefficient (Wildman–Crippen LogP) is 4.66. The Morgan fingerprint density at radius 2 is 1.88 bits per heavy atom. The molecule has 3 heterocycles. The zero-order valence-electron chi connectivity index (χ0n) is 18.0. The molecule has 0 fully saturated rings. The summed E-state index contributed by atoms with van der Waals surface area (Å²) in [5.41, 5.74) is 3.57. The number of imidazole rings is 1. The number of rotatable bonds is 5. The second kappa shape index (κ2) is 7.80. The van der Waals surface area contributed by atoms with E-state index in [0.717, 1.165) is 41.1 Å². The average Bonchev–Trinajstić information content (AvgIpc) is 3.29. The summed E-state index contributed by atoms with van der Waals surface area (Å²) in [6.07, 6.45) is 1.54. The Morgan fingerprint density at radius 3 is 2.69 bits per heavy atom. The molecule has 1 aliphatic rings. The first-order valence-corrected chi connectivity index (χ1v) is 13.2. The van der Waals surface area contributed by atoms with Crippen molar-refractivity contribution in [2.24, 2.45) is 0 Å². The Balaban J connectivity index is 1.43. The lowest BCUT2D eigenvalue weighted by atomic mass is 10.2. The molecule has 0 spiro atoms. The largest absolute Gasteiger partial charge is 0.343 e. The number of anilines is 5. The van der Waals surface area contributed by atoms with Gasteiger partial charge in [-0.3, -0.25) is 0 Å². The molecule has 4 aromatic rings. The van der Waals surface area contributed by atoms with Gasteiger partial charge in [-0.1, -0.05) is 23.7 Å². The van der Waals surface area contributed by atoms with Crippen molar-refractivity contribution in [1.29, 1.82) is 0 Å². The number of para-hydroxylation sites is 1. The zero-order chi connectivity index (χ0) is 22.5. The molecule has 10 heteroatoms. The fourth-order valence-electron chi connectivity index (χ4n) is 3.88. The molecule has 0 bridgehead atoms. The number of nitrogens with one attached hydrogen (secondary N) is 2. The molecule has 5 rings (SSSR count). The number of nitrogens with zero attached hydrogens (tertiary/aromatic N) is 5. The highest BCUT2D eigenvalue weighted by Crippen LogP contribution is 2.38. The minimum Gasteiger partial charge on any atom is -0.343 e. The molecular formula is C22H23ClN7OP. The molecule has 0 saturated heterocycles. The fourth-order valence-corrected chi connectivity index (χ4v) is 5.17. The quantitative estimate of drug-likeness (QED) is 0.412. The SMILES string of the molecule is CN1CCn2c1nc1cc(Nc3ncc(Cl)c(Nc4ccccc4P(C)(C)=O)n3)ccc12. The monoisotopic (exact) mass is 467 g/mol. The van der Waals surface area contributed by atoms with Gasteiger partial charge in [-0.2, -0.15) is 4.98 Å². The van der Waals surface area contributed by atoms with Gasteiger partial charge < -0.3 is 24.7 Å². The number of fused-ring (bicyclic) bond motifs is 3. The van der Waals surface area contributed by atoms with Crippen molar-refractivity contribution in [3.63, 3.8) is 0 Å². The van der Waals surface area contributed by atoms with Crippen LogP contribution in [0.1, 0.15) is 0 Å². The lowest BCUT2D eigenvalue weighted by Crippen LogP contribution is -2.13. The minimum absolute atomic E-state index is 0.372. The van der Waals surface area contributed by atoms with E-state index in [0.29, 0.717) is 22.5 Å². The van der Waals surface area contributed by atoms with Gasteiger partial charge in [0.05, 0.1) is 22.9 Å². The normalized spacial score (nSPS) is 13.4. The minimum atomic E-state index is -2.48. The average molecular weight is 468 g/mol. The van der Waals surface area contributed by atoms with E-state index in [1.165, 1.54) is 6.20 Å². The Bertz CT molecular complexity index is 1380. The number of aromatic nitrogens is 4. The highest BCUT2D eigenvalue weighted by atomic mass is 35.5. The summed E-state index contributed by atoms with van der Waals surface area (Å²) in [5, 5.41) is 7.56. The van der Waals surface area contributed by atoms with Crippen molar-refractivity contribution in [1.82, 2.24) is 19.5 Å². The van der Waals surface area contributed by atoms with Gasteiger partial charge in [0.1, 0.15) is 12.2 Å². The van der Waals surface area contributed by atoms with E-state index in [4.69, 9.17) is 16.6 Å². The van der Waals surface area contributed by atoms with Crippen LogP contribution in [0.15, 0.2) is 48.7 Å². The smallest absolute Gasteiger partial charge is 0.229 e. The second-order valence-corrected chi connectivity index (χ2v) is 11.8. The van der Waals surface area contributed by atoms with E-state index in [-0.39, 0.29) is 0 Å². The van der Waals surface area contributed by atoms with Crippen LogP contribution >= 0.6 is 18.7 Å². The lowest BCUT2D eigenvalue weighted by Gasteiger charge is -2.15. The predicted molar refractivity (Wildman–Crippen MR) is 132 cm³/mol. The van der Waals surface area contributed by atoms with E-state index in [1.54, 1.807) is 13.3 Å². The van der Waals surface area contributed by atoms with Crippen molar-refractivity contribution in [3.05, 3.63) is 53.7 Å². The number of hydrogen-bond donors (Lipinski definition) is 2. The van der Waals surface area contributed by atoms with Crippen LogP contribution < -0.4 is 20.8 Å². The molecule has 164 valence electrons. The van der Waals surface area contributed by atoms with Crippen LogP contribution in [0, 0.1) is 0 Å². The Kier molecular flexibility index (Phi) is 5.07. The second-order valence-electron chi connectivity index (χ2n) is 8.20. The summed E-state index contributed by atoms with van der Waals surface area (Å²) >= 11 is 6.35. The van der Waals surface area contributed by atoms with Crippen LogP contribution in [-0.4, -0.2) is 46.4 Å². The maximum atomic E-state index is 12.7. The van der Waals surface area contributed by atoms with E-state index in [9.17, 15) is 4.57 Å². The topological polar surface area (TPSA) is 88.0 Å². The van der Waals surface area contributed by atoms with Gasteiger partial charge in [-0.25, -0.2) is 9.97 Å². The summed E-state index contributed by atoms with van der Waals surface area (Å²) in [6.45, 7) is 5.39. The van der Waals surface area contributed by atoms with Crippen LogP contribution in [0.2, 0.25) is 5.02 Å². The summed E-state index contributed by atoms with van der Waals surface area (Å²) < 4.78 is 14.9. The highest BCUT2D eigenvalue weighted by molar-refractivity contribution is 7.70. The lowest BCUT2D eigenvalue weighted by molar-refractivity contribution is 0.588. The molecule has 2 aromatic carbocycles. The van der Waals surface area contributed by atoms with Gasteiger partial charge in [0, 0.05) is 31.1 Å². The molecule has 0 atom stereocenters. The Morgan fingerprint density at radius 1 is 1.06 bits per heavy atom. The first-order chi connectivity index (χ1) is 15.3. The summed E-state index contributed by atoms with van der Waals surface area (Å²) in [6, 6.07) is 13.5. The van der Waals surface area contributed by atoms with E-state index < -0.39 is 7.14 Å². The van der Waals surface area contributed by atoms with Crippen molar-refractivity contribution in [3.8, 4) is 0 Å². The first-order valence-electron chi connectivity index (χ1n) is 10.2. The van der Waals surface area contributed by atoms with Gasteiger partial charge in [0.25, 0.3) is 0 Å². The molecular weight excluding hydrogens is 445 g/mol. The molecule has 32 heavy (non-hydrogen) atoms. The van der Waals surface area contributed by atoms with Gasteiger partial charge in [-0.15, -0.1) is 0 Å². The zero-order valence-corrected chi connectivity index (χ0v) is 19.7. The van der Waals surface area contributed by atoms with E-state index in [1.807, 2.05) is 43.4 Å². The molecule has 2 N–H and O–H groups in total. The fraction of sp³-hybridized carbons (Fsp3) is 0.227. The van der Waals surface area contributed by atoms with Gasteiger partial charge in [0.2, 0.25) is 11.9 Å². The van der Waals surface area contributed by atoms with Gasteiger partial charge >= 0.3 is 0 Å². The molecule has 0 radical (unpaired) electrons. The van der Waals surface area contributed by atoms with Gasteiger partial charge in [-0.05, 0) is 43.7 Å². The summed E-state index contributed by atoms with van der Waals surface area (Å²) in [4.78, 5) is 15.7. The Labute approximate surface area is 191 Å². The van der Waals surface area contributed by atoms with Crippen molar-refractivity contribution in [2.45, 2.75) is 6.54 Å². The van der Waals surface area contributed by atoms with Gasteiger partial charge in [0.15, 0.2) is 5.82 Å².